The predicted molar refractivity (Wildman–Crippen MR) is 64.7 cm³/mol. The lowest BCUT2D eigenvalue weighted by molar-refractivity contribution is 0.196. The molecule has 0 aliphatic rings. The molecule has 0 atom stereocenters. The first-order chi connectivity index (χ1) is 7.72. The SMILES string of the molecule is CC.CC(C)Nc1cc(OCCO)ncn1. The Morgan fingerprint density at radius 3 is 2.62 bits per heavy atom. The molecule has 16 heavy (non-hydrogen) atoms. The molecule has 0 fully saturated rings. The van der Waals surface area contributed by atoms with E-state index in [2.05, 4.69) is 15.3 Å². The molecule has 0 aliphatic carbocycles. The first-order valence-electron chi connectivity index (χ1n) is 5.54. The van der Waals surface area contributed by atoms with E-state index in [4.69, 9.17) is 9.84 Å². The van der Waals surface area contributed by atoms with Crippen molar-refractivity contribution >= 4 is 5.82 Å². The van der Waals surface area contributed by atoms with Crippen LogP contribution < -0.4 is 10.1 Å². The molecule has 0 spiro atoms. The first-order valence-corrected chi connectivity index (χ1v) is 5.54. The maximum atomic E-state index is 8.56. The van der Waals surface area contributed by atoms with Gasteiger partial charge in [-0.2, -0.15) is 0 Å². The molecule has 1 aromatic heterocycles. The quantitative estimate of drug-likeness (QED) is 0.801. The zero-order valence-electron chi connectivity index (χ0n) is 10.4. The molecular formula is C11H21N3O2. The van der Waals surface area contributed by atoms with Gasteiger partial charge in [0.2, 0.25) is 5.88 Å². The number of hydrogen-bond acceptors (Lipinski definition) is 5. The van der Waals surface area contributed by atoms with Gasteiger partial charge in [-0.05, 0) is 13.8 Å². The second kappa shape index (κ2) is 8.91. The van der Waals surface area contributed by atoms with Gasteiger partial charge in [0.15, 0.2) is 0 Å². The van der Waals surface area contributed by atoms with Crippen molar-refractivity contribution in [2.24, 2.45) is 0 Å². The molecule has 0 radical (unpaired) electrons. The van der Waals surface area contributed by atoms with Crippen LogP contribution in [0.25, 0.3) is 0 Å². The molecule has 1 rings (SSSR count). The minimum Gasteiger partial charge on any atom is -0.475 e. The van der Waals surface area contributed by atoms with Crippen LogP contribution in [0, 0.1) is 0 Å². The maximum absolute atomic E-state index is 8.56. The molecule has 5 heteroatoms. The van der Waals surface area contributed by atoms with Gasteiger partial charge >= 0.3 is 0 Å². The normalized spacial score (nSPS) is 9.38. The second-order valence-electron chi connectivity index (χ2n) is 3.11. The highest BCUT2D eigenvalue weighted by molar-refractivity contribution is 5.37. The Morgan fingerprint density at radius 2 is 2.06 bits per heavy atom. The summed E-state index contributed by atoms with van der Waals surface area (Å²) in [6.07, 6.45) is 1.43. The molecule has 5 nitrogen and oxygen atoms in total. The Labute approximate surface area is 96.9 Å². The van der Waals surface area contributed by atoms with Crippen LogP contribution in [0.5, 0.6) is 5.88 Å². The molecule has 0 aliphatic heterocycles. The molecule has 0 aromatic carbocycles. The summed E-state index contributed by atoms with van der Waals surface area (Å²) >= 11 is 0. The maximum Gasteiger partial charge on any atom is 0.218 e. The molecule has 0 amide bonds. The summed E-state index contributed by atoms with van der Waals surface area (Å²) in [5.41, 5.74) is 0. The summed E-state index contributed by atoms with van der Waals surface area (Å²) in [5, 5.41) is 11.7. The van der Waals surface area contributed by atoms with Gasteiger partial charge < -0.3 is 15.2 Å². The Morgan fingerprint density at radius 1 is 1.38 bits per heavy atom. The Balaban J connectivity index is 0.00000106. The summed E-state index contributed by atoms with van der Waals surface area (Å²) in [6, 6.07) is 2.02. The minimum atomic E-state index is -0.0169. The van der Waals surface area contributed by atoms with Gasteiger partial charge in [-0.15, -0.1) is 0 Å². The van der Waals surface area contributed by atoms with E-state index in [1.165, 1.54) is 6.33 Å². The highest BCUT2D eigenvalue weighted by Crippen LogP contribution is 2.11. The van der Waals surface area contributed by atoms with E-state index in [-0.39, 0.29) is 13.2 Å². The lowest BCUT2D eigenvalue weighted by atomic mass is 10.4. The van der Waals surface area contributed by atoms with Crippen LogP contribution in [0.15, 0.2) is 12.4 Å². The third-order valence-corrected chi connectivity index (χ3v) is 1.42. The number of ether oxygens (including phenoxy) is 1. The Kier molecular flexibility index (Phi) is 8.15. The van der Waals surface area contributed by atoms with Crippen LogP contribution in [0.3, 0.4) is 0 Å². The van der Waals surface area contributed by atoms with Crippen molar-refractivity contribution in [2.45, 2.75) is 33.7 Å². The zero-order chi connectivity index (χ0) is 12.4. The smallest absolute Gasteiger partial charge is 0.218 e. The van der Waals surface area contributed by atoms with E-state index >= 15 is 0 Å². The molecule has 0 saturated carbocycles. The topological polar surface area (TPSA) is 67.3 Å². The molecule has 0 saturated heterocycles. The van der Waals surface area contributed by atoms with Gasteiger partial charge in [-0.1, -0.05) is 13.8 Å². The van der Waals surface area contributed by atoms with Crippen LogP contribution in [0.2, 0.25) is 0 Å². The first kappa shape index (κ1) is 14.6. The number of hydrogen-bond donors (Lipinski definition) is 2. The average Bonchev–Trinajstić information content (AvgIpc) is 2.29. The van der Waals surface area contributed by atoms with Gasteiger partial charge in [-0.25, -0.2) is 9.97 Å². The highest BCUT2D eigenvalue weighted by Gasteiger charge is 2.00. The fraction of sp³-hybridized carbons (Fsp3) is 0.636. The monoisotopic (exact) mass is 227 g/mol. The van der Waals surface area contributed by atoms with Crippen molar-refractivity contribution in [1.29, 1.82) is 0 Å². The number of rotatable bonds is 5. The number of nitrogens with one attached hydrogen (secondary N) is 1. The number of aromatic nitrogens is 2. The van der Waals surface area contributed by atoms with Crippen molar-refractivity contribution in [3.63, 3.8) is 0 Å². The number of aliphatic hydroxyl groups is 1. The van der Waals surface area contributed by atoms with E-state index in [1.54, 1.807) is 6.07 Å². The van der Waals surface area contributed by atoms with Crippen LogP contribution in [-0.4, -0.2) is 34.3 Å². The fourth-order valence-corrected chi connectivity index (χ4v) is 0.943. The van der Waals surface area contributed by atoms with Crippen LogP contribution in [-0.2, 0) is 0 Å². The van der Waals surface area contributed by atoms with E-state index < -0.39 is 0 Å². The molecule has 2 N–H and O–H groups in total. The zero-order valence-corrected chi connectivity index (χ0v) is 10.4. The Hall–Kier alpha value is -1.36. The van der Waals surface area contributed by atoms with Crippen molar-refractivity contribution in [3.05, 3.63) is 12.4 Å². The summed E-state index contributed by atoms with van der Waals surface area (Å²) in [5.74, 6) is 1.19. The fourth-order valence-electron chi connectivity index (χ4n) is 0.943. The number of aliphatic hydroxyl groups excluding tert-OH is 1. The van der Waals surface area contributed by atoms with Crippen molar-refractivity contribution in [1.82, 2.24) is 9.97 Å². The second-order valence-corrected chi connectivity index (χ2v) is 3.11. The summed E-state index contributed by atoms with van der Waals surface area (Å²) in [6.45, 7) is 8.28. The van der Waals surface area contributed by atoms with Gasteiger partial charge in [0, 0.05) is 12.1 Å². The number of nitrogens with zero attached hydrogens (tertiary/aromatic N) is 2. The number of anilines is 1. The van der Waals surface area contributed by atoms with Crippen LogP contribution in [0.4, 0.5) is 5.82 Å². The van der Waals surface area contributed by atoms with Gasteiger partial charge in [0.05, 0.1) is 6.61 Å². The summed E-state index contributed by atoms with van der Waals surface area (Å²) < 4.78 is 5.14. The third-order valence-electron chi connectivity index (χ3n) is 1.42. The van der Waals surface area contributed by atoms with E-state index in [9.17, 15) is 0 Å². The van der Waals surface area contributed by atoms with Crippen LogP contribution >= 0.6 is 0 Å². The molecule has 0 bridgehead atoms. The largest absolute Gasteiger partial charge is 0.475 e. The molecule has 0 unspecified atom stereocenters. The molecular weight excluding hydrogens is 206 g/mol. The standard InChI is InChI=1S/C9H15N3O2.C2H6/c1-7(2)12-8-5-9(11-6-10-8)14-4-3-13;1-2/h5-7,13H,3-4H2,1-2H3,(H,10,11,12);1-2H3. The van der Waals surface area contributed by atoms with Crippen molar-refractivity contribution < 1.29 is 9.84 Å². The van der Waals surface area contributed by atoms with Crippen molar-refractivity contribution in [2.75, 3.05) is 18.5 Å². The van der Waals surface area contributed by atoms with Crippen molar-refractivity contribution in [3.8, 4) is 5.88 Å². The van der Waals surface area contributed by atoms with Crippen LogP contribution in [0.1, 0.15) is 27.7 Å². The minimum absolute atomic E-state index is 0.0169. The lowest BCUT2D eigenvalue weighted by Gasteiger charge is -2.09. The predicted octanol–water partition coefficient (Wildman–Crippen LogP) is 1.69. The van der Waals surface area contributed by atoms with Gasteiger partial charge in [-0.3, -0.25) is 0 Å². The highest BCUT2D eigenvalue weighted by atomic mass is 16.5. The molecule has 1 aromatic rings. The van der Waals surface area contributed by atoms with E-state index in [0.717, 1.165) is 5.82 Å². The summed E-state index contributed by atoms with van der Waals surface area (Å²) in [7, 11) is 0. The van der Waals surface area contributed by atoms with E-state index in [1.807, 2.05) is 27.7 Å². The van der Waals surface area contributed by atoms with Gasteiger partial charge in [0.1, 0.15) is 18.8 Å². The Bertz CT molecular complexity index is 280. The average molecular weight is 227 g/mol. The lowest BCUT2D eigenvalue weighted by Crippen LogP contribution is -2.11. The third kappa shape index (κ3) is 6.19. The van der Waals surface area contributed by atoms with E-state index in [0.29, 0.717) is 11.9 Å². The summed E-state index contributed by atoms with van der Waals surface area (Å²) in [4.78, 5) is 7.92. The molecule has 92 valence electrons. The molecule has 1 heterocycles. The van der Waals surface area contributed by atoms with Gasteiger partial charge in [0.25, 0.3) is 0 Å².